The average Bonchev–Trinajstić information content (AvgIpc) is 2.83. The van der Waals surface area contributed by atoms with Gasteiger partial charge in [0.15, 0.2) is 0 Å². The highest BCUT2D eigenvalue weighted by Gasteiger charge is 2.26. The fourth-order valence-corrected chi connectivity index (χ4v) is 3.27. The molecule has 1 aromatic rings. The van der Waals surface area contributed by atoms with Crippen LogP contribution in [0.25, 0.3) is 0 Å². The molecule has 1 saturated heterocycles. The second-order valence-corrected chi connectivity index (χ2v) is 5.53. The second-order valence-electron chi connectivity index (χ2n) is 4.59. The molecule has 88 valence electrons. The molecule has 0 aromatic carbocycles. The van der Waals surface area contributed by atoms with E-state index in [1.54, 1.807) is 11.3 Å². The van der Waals surface area contributed by atoms with Gasteiger partial charge in [-0.3, -0.25) is 4.79 Å². The maximum Gasteiger partial charge on any atom is 0.226 e. The first-order valence-corrected chi connectivity index (χ1v) is 7.10. The number of Topliss-reactive ketones (excluding diaryl/α,β-unsaturated/α-hetero) is 1. The van der Waals surface area contributed by atoms with Gasteiger partial charge in [0.25, 0.3) is 0 Å². The largest absolute Gasteiger partial charge is 0.326 e. The van der Waals surface area contributed by atoms with Crippen LogP contribution in [0.1, 0.15) is 42.3 Å². The molecule has 0 saturated carbocycles. The number of nitrogens with one attached hydrogen (secondary N) is 1. The van der Waals surface area contributed by atoms with Crippen LogP contribution in [-0.2, 0) is 0 Å². The molecule has 0 bridgehead atoms. The summed E-state index contributed by atoms with van der Waals surface area (Å²) in [5.74, 6) is 0.324. The van der Waals surface area contributed by atoms with Gasteiger partial charge in [0.2, 0.25) is 5.78 Å². The van der Waals surface area contributed by atoms with Gasteiger partial charge in [-0.15, -0.1) is 11.3 Å². The molecule has 0 radical (unpaired) electrons. The van der Waals surface area contributed by atoms with E-state index in [9.17, 15) is 4.79 Å². The zero-order valence-electron chi connectivity index (χ0n) is 9.87. The van der Waals surface area contributed by atoms with Crippen molar-refractivity contribution in [2.75, 3.05) is 13.1 Å². The van der Waals surface area contributed by atoms with Crippen molar-refractivity contribution in [3.63, 3.8) is 0 Å². The van der Waals surface area contributed by atoms with Crippen LogP contribution in [-0.4, -0.2) is 24.9 Å². The Hall–Kier alpha value is -0.670. The standard InChI is InChI=1S/C13H19NOS/c1-2-11-6-3-4-8-14(11)10-12(15)13-7-5-9-16-13/h5,7,9,11H,2-4,6,8,10H2,1H3/p+1/t11-/m0/s1. The van der Waals surface area contributed by atoms with Gasteiger partial charge in [-0.2, -0.15) is 0 Å². The van der Waals surface area contributed by atoms with Crippen LogP contribution >= 0.6 is 11.3 Å². The van der Waals surface area contributed by atoms with Gasteiger partial charge in [-0.1, -0.05) is 13.0 Å². The topological polar surface area (TPSA) is 21.5 Å². The van der Waals surface area contributed by atoms with Crippen molar-refractivity contribution in [1.82, 2.24) is 0 Å². The number of carbonyl (C=O) groups is 1. The van der Waals surface area contributed by atoms with Crippen molar-refractivity contribution in [3.8, 4) is 0 Å². The van der Waals surface area contributed by atoms with Crippen LogP contribution < -0.4 is 4.90 Å². The first-order chi connectivity index (χ1) is 7.81. The summed E-state index contributed by atoms with van der Waals surface area (Å²) in [5.41, 5.74) is 0. The van der Waals surface area contributed by atoms with E-state index in [2.05, 4.69) is 6.92 Å². The molecule has 2 atom stereocenters. The summed E-state index contributed by atoms with van der Waals surface area (Å²) < 4.78 is 0. The molecule has 2 rings (SSSR count). The summed E-state index contributed by atoms with van der Waals surface area (Å²) in [6.45, 7) is 4.11. The van der Waals surface area contributed by atoms with E-state index in [0.29, 0.717) is 18.4 Å². The molecule has 0 aliphatic carbocycles. The minimum atomic E-state index is 0.324. The summed E-state index contributed by atoms with van der Waals surface area (Å²) in [5, 5.41) is 1.98. The number of likely N-dealkylation sites (tertiary alicyclic amines) is 1. The molecule has 0 spiro atoms. The minimum Gasteiger partial charge on any atom is -0.326 e. The van der Waals surface area contributed by atoms with Crippen LogP contribution in [0.5, 0.6) is 0 Å². The molecular weight excluding hydrogens is 218 g/mol. The van der Waals surface area contributed by atoms with Crippen LogP contribution in [0.15, 0.2) is 17.5 Å². The highest BCUT2D eigenvalue weighted by Crippen LogP contribution is 2.09. The first kappa shape index (κ1) is 11.8. The summed E-state index contributed by atoms with van der Waals surface area (Å²) in [4.78, 5) is 14.5. The molecule has 2 nitrogen and oxygen atoms in total. The number of piperidine rings is 1. The third-order valence-corrected chi connectivity index (χ3v) is 4.47. The number of hydrogen-bond acceptors (Lipinski definition) is 2. The van der Waals surface area contributed by atoms with Crippen molar-refractivity contribution >= 4 is 17.1 Å². The van der Waals surface area contributed by atoms with E-state index in [4.69, 9.17) is 0 Å². The van der Waals surface area contributed by atoms with E-state index in [1.807, 2.05) is 17.5 Å². The number of carbonyl (C=O) groups excluding carboxylic acids is 1. The van der Waals surface area contributed by atoms with E-state index in [-0.39, 0.29) is 0 Å². The van der Waals surface area contributed by atoms with Crippen molar-refractivity contribution in [3.05, 3.63) is 22.4 Å². The lowest BCUT2D eigenvalue weighted by atomic mass is 10.00. The zero-order valence-corrected chi connectivity index (χ0v) is 10.7. The summed E-state index contributed by atoms with van der Waals surface area (Å²) >= 11 is 1.57. The molecular formula is C13H20NOS+. The highest BCUT2D eigenvalue weighted by atomic mass is 32.1. The van der Waals surface area contributed by atoms with Crippen LogP contribution in [0, 0.1) is 0 Å². The molecule has 16 heavy (non-hydrogen) atoms. The molecule has 1 fully saturated rings. The highest BCUT2D eigenvalue weighted by molar-refractivity contribution is 7.12. The predicted octanol–water partition coefficient (Wildman–Crippen LogP) is 1.78. The van der Waals surface area contributed by atoms with Gasteiger partial charge in [0.1, 0.15) is 6.54 Å². The van der Waals surface area contributed by atoms with Gasteiger partial charge in [0, 0.05) is 0 Å². The monoisotopic (exact) mass is 238 g/mol. The molecule has 1 aliphatic heterocycles. The maximum atomic E-state index is 12.0. The number of rotatable bonds is 4. The van der Waals surface area contributed by atoms with E-state index >= 15 is 0 Å². The molecule has 3 heteroatoms. The van der Waals surface area contributed by atoms with Crippen LogP contribution in [0.3, 0.4) is 0 Å². The van der Waals surface area contributed by atoms with E-state index < -0.39 is 0 Å². The van der Waals surface area contributed by atoms with Crippen molar-refractivity contribution in [2.45, 2.75) is 38.6 Å². The van der Waals surface area contributed by atoms with Gasteiger partial charge in [0.05, 0.1) is 17.5 Å². The lowest BCUT2D eigenvalue weighted by Crippen LogP contribution is -3.17. The summed E-state index contributed by atoms with van der Waals surface area (Å²) in [6, 6.07) is 4.61. The Kier molecular flexibility index (Phi) is 4.13. The molecule has 0 amide bonds. The number of quaternary nitrogens is 1. The van der Waals surface area contributed by atoms with Gasteiger partial charge in [-0.25, -0.2) is 0 Å². The fourth-order valence-electron chi connectivity index (χ4n) is 2.61. The minimum absolute atomic E-state index is 0.324. The Morgan fingerprint density at radius 3 is 3.12 bits per heavy atom. The lowest BCUT2D eigenvalue weighted by Gasteiger charge is -2.31. The third-order valence-electron chi connectivity index (χ3n) is 3.55. The van der Waals surface area contributed by atoms with Crippen molar-refractivity contribution in [1.29, 1.82) is 0 Å². The first-order valence-electron chi connectivity index (χ1n) is 6.22. The zero-order chi connectivity index (χ0) is 11.4. The Bertz CT molecular complexity index is 334. The van der Waals surface area contributed by atoms with Crippen molar-refractivity contribution < 1.29 is 9.69 Å². The van der Waals surface area contributed by atoms with Crippen molar-refractivity contribution in [2.24, 2.45) is 0 Å². The SMILES string of the molecule is CC[C@H]1CCCC[NH+]1CC(=O)c1cccs1. The number of thiophene rings is 1. The second kappa shape index (κ2) is 5.60. The number of hydrogen-bond donors (Lipinski definition) is 1. The van der Waals surface area contributed by atoms with Crippen LogP contribution in [0.4, 0.5) is 0 Å². The lowest BCUT2D eigenvalue weighted by molar-refractivity contribution is -0.922. The Balaban J connectivity index is 1.95. The van der Waals surface area contributed by atoms with E-state index in [1.165, 1.54) is 37.1 Å². The molecule has 1 aliphatic rings. The maximum absolute atomic E-state index is 12.0. The number of ketones is 1. The van der Waals surface area contributed by atoms with Gasteiger partial charge >= 0.3 is 0 Å². The normalized spacial score (nSPS) is 25.6. The van der Waals surface area contributed by atoms with E-state index in [0.717, 1.165) is 4.88 Å². The summed E-state index contributed by atoms with van der Waals surface area (Å²) in [6.07, 6.45) is 5.12. The molecule has 1 N–H and O–H groups in total. The Morgan fingerprint density at radius 1 is 1.56 bits per heavy atom. The summed E-state index contributed by atoms with van der Waals surface area (Å²) in [7, 11) is 0. The molecule has 1 aromatic heterocycles. The third kappa shape index (κ3) is 2.71. The molecule has 1 unspecified atom stereocenters. The van der Waals surface area contributed by atoms with Gasteiger partial charge < -0.3 is 4.90 Å². The van der Waals surface area contributed by atoms with Gasteiger partial charge in [-0.05, 0) is 37.1 Å². The molecule has 2 heterocycles. The predicted molar refractivity (Wildman–Crippen MR) is 67.3 cm³/mol. The fraction of sp³-hybridized carbons (Fsp3) is 0.615. The van der Waals surface area contributed by atoms with Crippen LogP contribution in [0.2, 0.25) is 0 Å². The Morgan fingerprint density at radius 2 is 2.44 bits per heavy atom. The quantitative estimate of drug-likeness (QED) is 0.793. The average molecular weight is 238 g/mol. The Labute approximate surface area is 101 Å². The smallest absolute Gasteiger partial charge is 0.226 e.